The molecule has 0 aliphatic carbocycles. The summed E-state index contributed by atoms with van der Waals surface area (Å²) in [6.07, 6.45) is -1.15. The Morgan fingerprint density at radius 1 is 1.07 bits per heavy atom. The third kappa shape index (κ3) is 6.36. The number of sulfonamides is 1. The van der Waals surface area contributed by atoms with Crippen LogP contribution in [0.25, 0.3) is 0 Å². The van der Waals surface area contributed by atoms with Gasteiger partial charge in [-0.05, 0) is 56.7 Å². The SMILES string of the molecule is CC(O)C(=O)OC(C)C(=O)N1CCN(S(=O)(=O)c2cnc3n2C(C)(Cc2ccc(Br)cc2)C(=O)N3c2cc(Cl)cc(Cl)c2)CC1. The topological polar surface area (TPSA) is 142 Å². The first-order valence-electron chi connectivity index (χ1n) is 13.9. The second kappa shape index (κ2) is 12.6. The molecule has 240 valence electrons. The molecule has 45 heavy (non-hydrogen) atoms. The maximum atomic E-state index is 14.3. The molecule has 3 atom stereocenters. The van der Waals surface area contributed by atoms with Gasteiger partial charge < -0.3 is 14.7 Å². The maximum absolute atomic E-state index is 14.3. The summed E-state index contributed by atoms with van der Waals surface area (Å²) in [5.74, 6) is -1.75. The van der Waals surface area contributed by atoms with Gasteiger partial charge >= 0.3 is 5.97 Å². The summed E-state index contributed by atoms with van der Waals surface area (Å²) in [4.78, 5) is 46.0. The number of hydrogen-bond donors (Lipinski definition) is 1. The second-order valence-electron chi connectivity index (χ2n) is 11.1. The Bertz CT molecular complexity index is 1740. The normalized spacial score (nSPS) is 20.2. The standard InChI is InChI=1S/C29H30BrCl2N5O7S/c1-17(38)26(40)44-18(2)25(39)34-8-10-35(11-9-34)45(42,43)24-16-33-28-36(23-13-21(31)12-22(32)14-23)27(41)29(3,37(24)28)15-19-4-6-20(30)7-5-19/h4-7,12-14,16-18,38H,8-11,15H2,1-3H3. The summed E-state index contributed by atoms with van der Waals surface area (Å²) in [6, 6.07) is 12.0. The van der Waals surface area contributed by atoms with Gasteiger partial charge in [0.15, 0.2) is 11.1 Å². The van der Waals surface area contributed by atoms with E-state index in [9.17, 15) is 27.9 Å². The first-order chi connectivity index (χ1) is 21.1. The summed E-state index contributed by atoms with van der Waals surface area (Å²) in [6.45, 7) is 4.28. The number of aliphatic hydroxyl groups is 1. The van der Waals surface area contributed by atoms with Gasteiger partial charge in [0, 0.05) is 47.1 Å². The second-order valence-corrected chi connectivity index (χ2v) is 14.7. The van der Waals surface area contributed by atoms with Crippen LogP contribution in [0, 0.1) is 0 Å². The largest absolute Gasteiger partial charge is 0.451 e. The predicted octanol–water partition coefficient (Wildman–Crippen LogP) is 3.73. The molecule has 2 aromatic carbocycles. The van der Waals surface area contributed by atoms with E-state index in [2.05, 4.69) is 20.9 Å². The highest BCUT2D eigenvalue weighted by molar-refractivity contribution is 9.10. The average Bonchev–Trinajstić information content (AvgIpc) is 3.51. The van der Waals surface area contributed by atoms with Gasteiger partial charge in [-0.1, -0.05) is 51.3 Å². The fourth-order valence-corrected chi connectivity index (χ4v) is 7.86. The first kappa shape index (κ1) is 33.4. The Labute approximate surface area is 278 Å². The molecule has 2 aliphatic heterocycles. The number of halogens is 3. The van der Waals surface area contributed by atoms with Crippen LogP contribution in [0.2, 0.25) is 10.0 Å². The average molecular weight is 743 g/mol. The fraction of sp³-hybridized carbons (Fsp3) is 0.379. The number of anilines is 2. The number of benzene rings is 2. The summed E-state index contributed by atoms with van der Waals surface area (Å²) in [7, 11) is -4.22. The molecule has 1 N–H and O–H groups in total. The number of aliphatic hydroxyl groups excluding tert-OH is 1. The first-order valence-corrected chi connectivity index (χ1v) is 16.9. The summed E-state index contributed by atoms with van der Waals surface area (Å²) in [5, 5.41) is 9.78. The number of fused-ring (bicyclic) bond motifs is 1. The van der Waals surface area contributed by atoms with E-state index in [1.54, 1.807) is 19.1 Å². The number of carbonyl (C=O) groups is 3. The number of hydrogen-bond acceptors (Lipinski definition) is 8. The van der Waals surface area contributed by atoms with Crippen LogP contribution in [0.3, 0.4) is 0 Å². The number of piperazine rings is 1. The molecule has 2 aliphatic rings. The van der Waals surface area contributed by atoms with E-state index < -0.39 is 45.6 Å². The zero-order valence-electron chi connectivity index (χ0n) is 24.5. The Kier molecular flexibility index (Phi) is 9.38. The van der Waals surface area contributed by atoms with Gasteiger partial charge in [0.2, 0.25) is 5.95 Å². The van der Waals surface area contributed by atoms with E-state index in [0.717, 1.165) is 10.0 Å². The molecule has 0 bridgehead atoms. The van der Waals surface area contributed by atoms with Crippen molar-refractivity contribution < 1.29 is 32.6 Å². The molecule has 3 unspecified atom stereocenters. The summed E-state index contributed by atoms with van der Waals surface area (Å²) in [5.41, 5.74) is -0.274. The number of rotatable bonds is 8. The van der Waals surface area contributed by atoms with E-state index in [1.807, 2.05) is 24.3 Å². The lowest BCUT2D eigenvalue weighted by atomic mass is 9.92. The van der Waals surface area contributed by atoms with Crippen LogP contribution in [0.5, 0.6) is 0 Å². The van der Waals surface area contributed by atoms with Crippen molar-refractivity contribution in [2.75, 3.05) is 31.1 Å². The van der Waals surface area contributed by atoms with Crippen LogP contribution in [-0.4, -0.2) is 88.5 Å². The molecular weight excluding hydrogens is 713 g/mol. The van der Waals surface area contributed by atoms with Crippen LogP contribution in [0.15, 0.2) is 58.2 Å². The third-order valence-electron chi connectivity index (χ3n) is 7.77. The molecule has 1 saturated heterocycles. The Morgan fingerprint density at radius 3 is 2.24 bits per heavy atom. The number of nitrogens with zero attached hydrogens (tertiary/aromatic N) is 5. The molecule has 3 heterocycles. The molecule has 1 aromatic heterocycles. The number of carbonyl (C=O) groups excluding carboxylic acids is 3. The van der Waals surface area contributed by atoms with E-state index in [4.69, 9.17) is 27.9 Å². The van der Waals surface area contributed by atoms with Crippen molar-refractivity contribution >= 4 is 78.6 Å². The van der Waals surface area contributed by atoms with Gasteiger partial charge in [-0.3, -0.25) is 14.2 Å². The maximum Gasteiger partial charge on any atom is 0.335 e. The van der Waals surface area contributed by atoms with Crippen molar-refractivity contribution in [3.8, 4) is 0 Å². The monoisotopic (exact) mass is 741 g/mol. The number of amides is 2. The fourth-order valence-electron chi connectivity index (χ4n) is 5.47. The van der Waals surface area contributed by atoms with Crippen molar-refractivity contribution in [2.24, 2.45) is 0 Å². The highest BCUT2D eigenvalue weighted by atomic mass is 79.9. The minimum Gasteiger partial charge on any atom is -0.451 e. The van der Waals surface area contributed by atoms with Gasteiger partial charge in [0.1, 0.15) is 11.6 Å². The Balaban J connectivity index is 1.47. The molecular formula is C29H30BrCl2N5O7S. The zero-order chi connectivity index (χ0) is 32.8. The minimum atomic E-state index is -4.22. The molecule has 0 saturated carbocycles. The molecule has 16 heteroatoms. The zero-order valence-corrected chi connectivity index (χ0v) is 28.4. The lowest BCUT2D eigenvalue weighted by molar-refractivity contribution is -0.165. The van der Waals surface area contributed by atoms with E-state index in [1.165, 1.54) is 44.8 Å². The van der Waals surface area contributed by atoms with Crippen molar-refractivity contribution in [1.82, 2.24) is 18.8 Å². The van der Waals surface area contributed by atoms with Crippen molar-refractivity contribution in [3.63, 3.8) is 0 Å². The highest BCUT2D eigenvalue weighted by Crippen LogP contribution is 2.45. The van der Waals surface area contributed by atoms with Gasteiger partial charge in [0.25, 0.3) is 21.8 Å². The molecule has 3 aromatic rings. The van der Waals surface area contributed by atoms with E-state index in [-0.39, 0.29) is 43.6 Å². The summed E-state index contributed by atoms with van der Waals surface area (Å²) < 4.78 is 36.9. The van der Waals surface area contributed by atoms with Crippen LogP contribution in [-0.2, 0) is 41.1 Å². The molecule has 2 amide bonds. The highest BCUT2D eigenvalue weighted by Gasteiger charge is 2.52. The number of aromatic nitrogens is 2. The van der Waals surface area contributed by atoms with Crippen LogP contribution in [0.4, 0.5) is 11.6 Å². The molecule has 0 spiro atoms. The van der Waals surface area contributed by atoms with Gasteiger partial charge in [-0.25, -0.2) is 23.1 Å². The number of imidazole rings is 1. The Morgan fingerprint density at radius 2 is 1.67 bits per heavy atom. The lowest BCUT2D eigenvalue weighted by Gasteiger charge is -2.35. The van der Waals surface area contributed by atoms with Gasteiger partial charge in [-0.2, -0.15) is 4.31 Å². The van der Waals surface area contributed by atoms with Gasteiger partial charge in [-0.15, -0.1) is 0 Å². The number of esters is 1. The van der Waals surface area contributed by atoms with Crippen molar-refractivity contribution in [1.29, 1.82) is 0 Å². The molecule has 5 rings (SSSR count). The Hall–Kier alpha value is -3.01. The minimum absolute atomic E-state index is 0.0395. The van der Waals surface area contributed by atoms with E-state index in [0.29, 0.717) is 15.7 Å². The van der Waals surface area contributed by atoms with Crippen LogP contribution in [0.1, 0.15) is 26.3 Å². The molecule has 0 radical (unpaired) electrons. The van der Waals surface area contributed by atoms with E-state index >= 15 is 0 Å². The lowest BCUT2D eigenvalue weighted by Crippen LogP contribution is -2.53. The smallest absolute Gasteiger partial charge is 0.335 e. The van der Waals surface area contributed by atoms with Crippen molar-refractivity contribution in [3.05, 3.63) is 68.7 Å². The predicted molar refractivity (Wildman–Crippen MR) is 170 cm³/mol. The quantitative estimate of drug-likeness (QED) is 0.345. The van der Waals surface area contributed by atoms with Crippen LogP contribution >= 0.6 is 39.1 Å². The third-order valence-corrected chi connectivity index (χ3v) is 10.6. The van der Waals surface area contributed by atoms with Gasteiger partial charge in [0.05, 0.1) is 11.9 Å². The van der Waals surface area contributed by atoms with Crippen molar-refractivity contribution in [2.45, 2.75) is 50.0 Å². The molecule has 12 nitrogen and oxygen atoms in total. The molecule has 1 fully saturated rings. The van der Waals surface area contributed by atoms with Crippen LogP contribution < -0.4 is 4.90 Å². The number of ether oxygens (including phenoxy) is 1. The summed E-state index contributed by atoms with van der Waals surface area (Å²) >= 11 is 16.0.